The zero-order valence-electron chi connectivity index (χ0n) is 4.91. The van der Waals surface area contributed by atoms with E-state index < -0.39 is 0 Å². The number of ketones is 1. The Morgan fingerprint density at radius 3 is 2.38 bits per heavy atom. The van der Waals surface area contributed by atoms with Crippen molar-refractivity contribution in [3.8, 4) is 0 Å². The van der Waals surface area contributed by atoms with Crippen LogP contribution in [0, 0.1) is 5.41 Å². The van der Waals surface area contributed by atoms with Crippen molar-refractivity contribution in [3.05, 3.63) is 0 Å². The fourth-order valence-corrected chi connectivity index (χ4v) is 1.18. The number of carbonyl (C=O) groups excluding carboxylic acids is 1. The van der Waals surface area contributed by atoms with Gasteiger partial charge in [-0.05, 0) is 5.41 Å². The van der Waals surface area contributed by atoms with E-state index >= 15 is 0 Å². The fourth-order valence-electron chi connectivity index (χ4n) is 0.995. The lowest BCUT2D eigenvalue weighted by atomic mass is 9.71. The van der Waals surface area contributed by atoms with Crippen LogP contribution in [-0.2, 0) is 4.79 Å². The second-order valence-electron chi connectivity index (χ2n) is 2.84. The molecule has 0 aromatic rings. The number of hydrogen-bond donors (Lipinski definition) is 0. The summed E-state index contributed by atoms with van der Waals surface area (Å²) in [5.74, 6) is 0.979. The van der Waals surface area contributed by atoms with Gasteiger partial charge in [0, 0.05) is 18.7 Å². The maximum Gasteiger partial charge on any atom is 0.134 e. The van der Waals surface area contributed by atoms with Crippen LogP contribution in [0.2, 0.25) is 0 Å². The van der Waals surface area contributed by atoms with Gasteiger partial charge in [0.05, 0.1) is 0 Å². The van der Waals surface area contributed by atoms with E-state index in [1.54, 1.807) is 0 Å². The largest absolute Gasteiger partial charge is 0.300 e. The minimum Gasteiger partial charge on any atom is -0.300 e. The third-order valence-corrected chi connectivity index (χ3v) is 2.22. The Labute approximate surface area is 54.0 Å². The molecule has 0 bridgehead atoms. The van der Waals surface area contributed by atoms with Crippen molar-refractivity contribution < 1.29 is 4.79 Å². The molecule has 0 aromatic carbocycles. The van der Waals surface area contributed by atoms with Crippen molar-refractivity contribution in [1.29, 1.82) is 0 Å². The van der Waals surface area contributed by atoms with Crippen LogP contribution >= 0.6 is 11.6 Å². The SMILES string of the molecule is CC1(CCl)CC(=O)C1. The molecular weight excluding hydrogens is 124 g/mol. The summed E-state index contributed by atoms with van der Waals surface area (Å²) in [6, 6.07) is 0. The Bertz CT molecular complexity index is 112. The molecule has 1 aliphatic rings. The summed E-state index contributed by atoms with van der Waals surface area (Å²) < 4.78 is 0. The molecule has 0 aliphatic heterocycles. The van der Waals surface area contributed by atoms with Gasteiger partial charge < -0.3 is 0 Å². The molecule has 0 saturated heterocycles. The van der Waals surface area contributed by atoms with Gasteiger partial charge in [0.1, 0.15) is 5.78 Å². The molecule has 0 amide bonds. The van der Waals surface area contributed by atoms with Gasteiger partial charge >= 0.3 is 0 Å². The molecule has 0 unspecified atom stereocenters. The van der Waals surface area contributed by atoms with E-state index in [1.165, 1.54) is 0 Å². The number of carbonyl (C=O) groups is 1. The predicted octanol–water partition coefficient (Wildman–Crippen LogP) is 1.59. The van der Waals surface area contributed by atoms with Gasteiger partial charge in [-0.1, -0.05) is 6.92 Å². The second-order valence-corrected chi connectivity index (χ2v) is 3.10. The third kappa shape index (κ3) is 0.873. The molecule has 1 saturated carbocycles. The molecule has 1 rings (SSSR count). The number of halogens is 1. The van der Waals surface area contributed by atoms with Crippen LogP contribution in [0.15, 0.2) is 0 Å². The van der Waals surface area contributed by atoms with Crippen LogP contribution in [0.25, 0.3) is 0 Å². The van der Waals surface area contributed by atoms with Crippen molar-refractivity contribution >= 4 is 17.4 Å². The molecule has 1 aliphatic carbocycles. The number of rotatable bonds is 1. The molecule has 0 N–H and O–H groups in total. The Kier molecular flexibility index (Phi) is 1.31. The maximum absolute atomic E-state index is 10.4. The van der Waals surface area contributed by atoms with E-state index in [2.05, 4.69) is 0 Å². The Morgan fingerprint density at radius 2 is 2.25 bits per heavy atom. The molecule has 0 heterocycles. The van der Waals surface area contributed by atoms with Crippen LogP contribution in [0.1, 0.15) is 19.8 Å². The smallest absolute Gasteiger partial charge is 0.134 e. The van der Waals surface area contributed by atoms with Crippen LogP contribution in [0.5, 0.6) is 0 Å². The highest BCUT2D eigenvalue weighted by molar-refractivity contribution is 6.19. The minimum absolute atomic E-state index is 0.151. The van der Waals surface area contributed by atoms with Crippen molar-refractivity contribution in [3.63, 3.8) is 0 Å². The lowest BCUT2D eigenvalue weighted by Gasteiger charge is -2.34. The summed E-state index contributed by atoms with van der Waals surface area (Å²) in [5.41, 5.74) is 0.151. The van der Waals surface area contributed by atoms with Crippen molar-refractivity contribution in [1.82, 2.24) is 0 Å². The lowest BCUT2D eigenvalue weighted by Crippen LogP contribution is -2.35. The van der Waals surface area contributed by atoms with Gasteiger partial charge in [0.25, 0.3) is 0 Å². The maximum atomic E-state index is 10.4. The molecular formula is C6H9ClO. The average molecular weight is 133 g/mol. The summed E-state index contributed by atoms with van der Waals surface area (Å²) >= 11 is 5.56. The highest BCUT2D eigenvalue weighted by Gasteiger charge is 2.37. The first-order valence-electron chi connectivity index (χ1n) is 2.74. The summed E-state index contributed by atoms with van der Waals surface area (Å²) in [6.07, 6.45) is 1.38. The molecule has 0 aromatic heterocycles. The standard InChI is InChI=1S/C6H9ClO/c1-6(4-7)2-5(8)3-6/h2-4H2,1H3. The molecule has 0 atom stereocenters. The summed E-state index contributed by atoms with van der Waals surface area (Å²) in [7, 11) is 0. The van der Waals surface area contributed by atoms with Crippen LogP contribution in [0.4, 0.5) is 0 Å². The van der Waals surface area contributed by atoms with E-state index in [0.717, 1.165) is 0 Å². The monoisotopic (exact) mass is 132 g/mol. The molecule has 2 heteroatoms. The average Bonchev–Trinajstić information content (AvgIpc) is 1.63. The number of hydrogen-bond acceptors (Lipinski definition) is 1. The summed E-state index contributed by atoms with van der Waals surface area (Å²) in [5, 5.41) is 0. The van der Waals surface area contributed by atoms with Gasteiger partial charge in [-0.3, -0.25) is 4.79 Å². The van der Waals surface area contributed by atoms with E-state index in [4.69, 9.17) is 11.6 Å². The minimum atomic E-state index is 0.151. The van der Waals surface area contributed by atoms with E-state index in [0.29, 0.717) is 24.5 Å². The lowest BCUT2D eigenvalue weighted by molar-refractivity contribution is -0.130. The fraction of sp³-hybridized carbons (Fsp3) is 0.833. The highest BCUT2D eigenvalue weighted by Crippen LogP contribution is 2.37. The first-order chi connectivity index (χ1) is 3.66. The molecule has 1 nitrogen and oxygen atoms in total. The van der Waals surface area contributed by atoms with Crippen molar-refractivity contribution in [2.45, 2.75) is 19.8 Å². The molecule has 0 radical (unpaired) electrons. The molecule has 0 spiro atoms. The Morgan fingerprint density at radius 1 is 1.75 bits per heavy atom. The van der Waals surface area contributed by atoms with Gasteiger partial charge in [0.2, 0.25) is 0 Å². The normalized spacial score (nSPS) is 25.0. The molecule has 1 fully saturated rings. The summed E-state index contributed by atoms with van der Waals surface area (Å²) in [4.78, 5) is 10.4. The van der Waals surface area contributed by atoms with Crippen LogP contribution in [-0.4, -0.2) is 11.7 Å². The zero-order chi connectivity index (χ0) is 6.20. The molecule has 46 valence electrons. The zero-order valence-corrected chi connectivity index (χ0v) is 5.66. The van der Waals surface area contributed by atoms with Crippen LogP contribution in [0.3, 0.4) is 0 Å². The first kappa shape index (κ1) is 6.09. The van der Waals surface area contributed by atoms with E-state index in [9.17, 15) is 4.79 Å². The second kappa shape index (κ2) is 1.73. The summed E-state index contributed by atoms with van der Waals surface area (Å²) in [6.45, 7) is 2.04. The number of Topliss-reactive ketones (excluding diaryl/α,β-unsaturated/α-hetero) is 1. The van der Waals surface area contributed by atoms with Gasteiger partial charge in [-0.15, -0.1) is 11.6 Å². The van der Waals surface area contributed by atoms with Crippen molar-refractivity contribution in [2.24, 2.45) is 5.41 Å². The quantitative estimate of drug-likeness (QED) is 0.496. The topological polar surface area (TPSA) is 17.1 Å². The van der Waals surface area contributed by atoms with Gasteiger partial charge in [-0.25, -0.2) is 0 Å². The van der Waals surface area contributed by atoms with Gasteiger partial charge in [0.15, 0.2) is 0 Å². The molecule has 8 heavy (non-hydrogen) atoms. The van der Waals surface area contributed by atoms with E-state index in [1.807, 2.05) is 6.92 Å². The van der Waals surface area contributed by atoms with E-state index in [-0.39, 0.29) is 5.41 Å². The van der Waals surface area contributed by atoms with Gasteiger partial charge in [-0.2, -0.15) is 0 Å². The van der Waals surface area contributed by atoms with Crippen LogP contribution < -0.4 is 0 Å². The predicted molar refractivity (Wildman–Crippen MR) is 33.1 cm³/mol. The Hall–Kier alpha value is -0.0400. The Balaban J connectivity index is 2.40. The number of alkyl halides is 1. The third-order valence-electron chi connectivity index (χ3n) is 1.57. The highest BCUT2D eigenvalue weighted by atomic mass is 35.5. The first-order valence-corrected chi connectivity index (χ1v) is 3.27. The van der Waals surface area contributed by atoms with Crippen molar-refractivity contribution in [2.75, 3.05) is 5.88 Å².